The second-order valence-electron chi connectivity index (χ2n) is 8.39. The Kier molecular flexibility index (Phi) is 9.80. The highest BCUT2D eigenvalue weighted by Gasteiger charge is 2.18. The molecule has 192 valence electrons. The van der Waals surface area contributed by atoms with E-state index >= 15 is 0 Å². The van der Waals surface area contributed by atoms with Gasteiger partial charge in [0.15, 0.2) is 0 Å². The third-order valence-electron chi connectivity index (χ3n) is 5.62. The summed E-state index contributed by atoms with van der Waals surface area (Å²) in [5.41, 5.74) is 5.06. The summed E-state index contributed by atoms with van der Waals surface area (Å²) in [6.07, 6.45) is 8.41. The number of morpholine rings is 1. The van der Waals surface area contributed by atoms with Gasteiger partial charge < -0.3 is 14.5 Å². The first-order chi connectivity index (χ1) is 17.5. The zero-order chi connectivity index (χ0) is 25.5. The number of benzene rings is 1. The summed E-state index contributed by atoms with van der Waals surface area (Å²) in [6, 6.07) is 4.30. The zero-order valence-electron chi connectivity index (χ0n) is 20.8. The van der Waals surface area contributed by atoms with Crippen LogP contribution in [0.15, 0.2) is 46.6 Å². The first-order valence-corrected chi connectivity index (χ1v) is 16.6. The molecule has 1 aromatic carbocycles. The van der Waals surface area contributed by atoms with Crippen LogP contribution in [0.1, 0.15) is 31.9 Å². The normalized spacial score (nSPS) is 19.0. The number of anilines is 1. The lowest BCUT2D eigenvalue weighted by Gasteiger charge is -2.31. The second kappa shape index (κ2) is 13.0. The van der Waals surface area contributed by atoms with Gasteiger partial charge in [-0.25, -0.2) is 9.78 Å². The molecule has 9 heteroatoms. The third-order valence-corrected chi connectivity index (χ3v) is 10.2. The molecule has 1 saturated heterocycles. The summed E-state index contributed by atoms with van der Waals surface area (Å²) >= 11 is -0.585. The summed E-state index contributed by atoms with van der Waals surface area (Å²) in [5.74, 6) is 0.376. The number of aromatic nitrogens is 2. The number of carbonyl (C=O) groups excluding carboxylic acids is 1. The maximum atomic E-state index is 11.9. The number of ether oxygens (including phenoxy) is 2. The van der Waals surface area contributed by atoms with E-state index in [9.17, 15) is 4.79 Å². The van der Waals surface area contributed by atoms with E-state index < -0.39 is 6.09 Å². The van der Waals surface area contributed by atoms with E-state index in [4.69, 9.17) is 9.47 Å². The second-order valence-corrected chi connectivity index (χ2v) is 13.7. The fourth-order valence-corrected chi connectivity index (χ4v) is 8.11. The van der Waals surface area contributed by atoms with Crippen molar-refractivity contribution in [3.8, 4) is 0 Å². The third kappa shape index (κ3) is 7.08. The molecule has 1 unspecified atom stereocenters. The molecule has 0 aliphatic carbocycles. The molecular formula is C27H32I2N4O3. The lowest BCUT2D eigenvalue weighted by Crippen LogP contribution is -2.41. The number of allylic oxidation sites excluding steroid dienone is 5. The maximum Gasteiger partial charge on any atom is 0.413 e. The van der Waals surface area contributed by atoms with E-state index in [1.807, 2.05) is 13.0 Å². The molecule has 2 aliphatic rings. The molecule has 0 saturated carbocycles. The molecule has 2 aliphatic heterocycles. The zero-order valence-corrected chi connectivity index (χ0v) is 25.1. The molecule has 2 aromatic rings. The topological polar surface area (TPSA) is 79.5 Å². The maximum absolute atomic E-state index is 11.9. The van der Waals surface area contributed by atoms with Crippen LogP contribution in [-0.4, -0.2) is 67.9 Å². The van der Waals surface area contributed by atoms with Crippen molar-refractivity contribution in [1.82, 2.24) is 14.9 Å². The first kappa shape index (κ1) is 27.1. The van der Waals surface area contributed by atoms with Crippen molar-refractivity contribution < 1.29 is 14.3 Å². The van der Waals surface area contributed by atoms with Crippen molar-refractivity contribution in [3.05, 3.63) is 57.7 Å². The Hall–Kier alpha value is -1.96. The lowest BCUT2D eigenvalue weighted by atomic mass is 10.0. The molecule has 3 heterocycles. The number of aromatic amines is 1. The van der Waals surface area contributed by atoms with Crippen LogP contribution < -0.4 is 5.32 Å². The minimum atomic E-state index is -0.522. The van der Waals surface area contributed by atoms with Gasteiger partial charge in [0.1, 0.15) is 0 Å². The number of H-pyrrole nitrogens is 1. The number of rotatable bonds is 8. The minimum Gasteiger partial charge on any atom is -0.450 e. The molecule has 0 spiro atoms. The van der Waals surface area contributed by atoms with Gasteiger partial charge in [0.05, 0.1) is 30.4 Å². The first-order valence-electron chi connectivity index (χ1n) is 11.9. The number of carbonyl (C=O) groups is 1. The molecule has 1 aromatic heterocycles. The van der Waals surface area contributed by atoms with E-state index in [-0.39, 0.29) is 41.5 Å². The Morgan fingerprint density at radius 2 is 2.31 bits per heavy atom. The van der Waals surface area contributed by atoms with Crippen molar-refractivity contribution in [1.29, 1.82) is 0 Å². The van der Waals surface area contributed by atoms with Crippen molar-refractivity contribution in [2.45, 2.75) is 26.9 Å². The molecule has 7 nitrogen and oxygen atoms in total. The van der Waals surface area contributed by atoms with Gasteiger partial charge in [-0.05, 0) is 55.6 Å². The molecule has 1 fully saturated rings. The van der Waals surface area contributed by atoms with Crippen LogP contribution in [0.5, 0.6) is 0 Å². The molecule has 0 bridgehead atoms. The molecule has 1 amide bonds. The Morgan fingerprint density at radius 1 is 1.44 bits per heavy atom. The standard InChI is InChI=1S/C27H32I2N4O3/c1-5-7-10-28-19(4)23-13-21(14-24-25(23)31-26(30-24)32-27(34)35-6-2)20-8-9-22(29-15-20)17-33-11-12-36-18(3)16-33/h5,7-10,13-15,18H,4,6,11-12,16-17H2,1-3H3,(H2,30,31,32,34)/b7-5-. The summed E-state index contributed by atoms with van der Waals surface area (Å²) in [5, 5.41) is 2.69. The Balaban J connectivity index is 1.63. The van der Waals surface area contributed by atoms with Crippen molar-refractivity contribution >= 4 is 81.7 Å². The highest BCUT2D eigenvalue weighted by atomic mass is 127. The SMILES string of the molecule is C=C(I=C/C=C\C)c1cc(C2=CC=C(CN3CCOC(C)C3)I=C2)cc2[nH]c(NC(=O)OCC)nc12. The Bertz CT molecular complexity index is 1290. The fraction of sp³-hybridized carbons (Fsp3) is 0.333. The van der Waals surface area contributed by atoms with Gasteiger partial charge in [0.25, 0.3) is 0 Å². The Labute approximate surface area is 232 Å². The van der Waals surface area contributed by atoms with Crippen molar-refractivity contribution in [2.75, 3.05) is 38.2 Å². The Morgan fingerprint density at radius 3 is 3.03 bits per heavy atom. The minimum absolute atomic E-state index is 0.197. The molecule has 36 heavy (non-hydrogen) atoms. The van der Waals surface area contributed by atoms with Crippen molar-refractivity contribution in [3.63, 3.8) is 0 Å². The number of hydrogen-bond donors (Lipinski definition) is 2. The van der Waals surface area contributed by atoms with Crippen LogP contribution in [0.2, 0.25) is 0 Å². The quantitative estimate of drug-likeness (QED) is 0.318. The van der Waals surface area contributed by atoms with Crippen LogP contribution in [0, 0.1) is 0 Å². The van der Waals surface area contributed by atoms with Gasteiger partial charge in [-0.2, -0.15) is 0 Å². The number of nitrogens with zero attached hydrogens (tertiary/aromatic N) is 2. The van der Waals surface area contributed by atoms with Crippen LogP contribution >= 0.6 is 41.5 Å². The predicted octanol–water partition coefficient (Wildman–Crippen LogP) is 6.23. The highest BCUT2D eigenvalue weighted by molar-refractivity contribution is 14.2. The fourth-order valence-electron chi connectivity index (χ4n) is 3.93. The molecular weight excluding hydrogens is 682 g/mol. The number of hydrogen-bond acceptors (Lipinski definition) is 5. The lowest BCUT2D eigenvalue weighted by molar-refractivity contribution is -0.0141. The number of imidazole rings is 1. The van der Waals surface area contributed by atoms with E-state index in [2.05, 4.69) is 72.1 Å². The van der Waals surface area contributed by atoms with Gasteiger partial charge in [0, 0.05) is 28.8 Å². The highest BCUT2D eigenvalue weighted by Crippen LogP contribution is 2.35. The monoisotopic (exact) mass is 714 g/mol. The largest absolute Gasteiger partial charge is 0.450 e. The number of amides is 1. The van der Waals surface area contributed by atoms with E-state index in [0.717, 1.165) is 52.0 Å². The summed E-state index contributed by atoms with van der Waals surface area (Å²) < 4.78 is 17.9. The van der Waals surface area contributed by atoms with Gasteiger partial charge in [-0.15, -0.1) is 0 Å². The summed E-state index contributed by atoms with van der Waals surface area (Å²) in [4.78, 5) is 22.3. The average Bonchev–Trinajstić information content (AvgIpc) is 3.26. The van der Waals surface area contributed by atoms with Gasteiger partial charge in [-0.1, -0.05) is 72.3 Å². The smallest absolute Gasteiger partial charge is 0.413 e. The number of halogens is 2. The number of nitrogens with one attached hydrogen (secondary N) is 2. The van der Waals surface area contributed by atoms with E-state index in [1.54, 1.807) is 6.92 Å². The predicted molar refractivity (Wildman–Crippen MR) is 169 cm³/mol. The molecule has 0 radical (unpaired) electrons. The van der Waals surface area contributed by atoms with Gasteiger partial charge in [-0.3, -0.25) is 10.2 Å². The van der Waals surface area contributed by atoms with Crippen molar-refractivity contribution in [2.24, 2.45) is 0 Å². The molecule has 4 rings (SSSR count). The summed E-state index contributed by atoms with van der Waals surface area (Å²) in [7, 11) is 0. The molecule has 2 N–H and O–H groups in total. The van der Waals surface area contributed by atoms with Crippen LogP contribution in [0.3, 0.4) is 0 Å². The summed E-state index contributed by atoms with van der Waals surface area (Å²) in [6.45, 7) is 14.4. The van der Waals surface area contributed by atoms with Crippen LogP contribution in [-0.2, 0) is 9.47 Å². The molecule has 1 atom stereocenters. The van der Waals surface area contributed by atoms with Crippen LogP contribution in [0.25, 0.3) is 20.2 Å². The van der Waals surface area contributed by atoms with Crippen LogP contribution in [0.4, 0.5) is 10.7 Å². The van der Waals surface area contributed by atoms with E-state index in [0.29, 0.717) is 18.7 Å². The average molecular weight is 714 g/mol. The van der Waals surface area contributed by atoms with E-state index in [1.165, 1.54) is 9.15 Å². The van der Waals surface area contributed by atoms with Gasteiger partial charge >= 0.3 is 6.09 Å². The van der Waals surface area contributed by atoms with Gasteiger partial charge in [0.2, 0.25) is 5.95 Å². The number of fused-ring (bicyclic) bond motifs is 1.